The molecule has 1 aromatic carbocycles. The van der Waals surface area contributed by atoms with Crippen molar-refractivity contribution in [2.75, 3.05) is 13.9 Å². The molecule has 1 aromatic rings. The molecular weight excluding hydrogens is 195 g/mol. The quantitative estimate of drug-likeness (QED) is 0.530. The fourth-order valence-electron chi connectivity index (χ4n) is 1.28. The molecule has 0 radical (unpaired) electrons. The summed E-state index contributed by atoms with van der Waals surface area (Å²) < 4.78 is 23.0. The first-order valence-electron chi connectivity index (χ1n) is 4.75. The van der Waals surface area contributed by atoms with Crippen LogP contribution in [0.5, 0.6) is 0 Å². The van der Waals surface area contributed by atoms with Crippen molar-refractivity contribution < 1.29 is 13.9 Å². The number of hydrogen-bond donors (Lipinski definition) is 0. The molecule has 1 atom stereocenters. The molecule has 0 aliphatic carbocycles. The predicted octanol–water partition coefficient (Wildman–Crippen LogP) is 3.06. The van der Waals surface area contributed by atoms with Gasteiger partial charge >= 0.3 is 0 Å². The lowest BCUT2D eigenvalue weighted by molar-refractivity contribution is -0.0721. The van der Waals surface area contributed by atoms with Crippen LogP contribution in [0.1, 0.15) is 18.1 Å². The van der Waals surface area contributed by atoms with Gasteiger partial charge < -0.3 is 9.47 Å². The van der Waals surface area contributed by atoms with E-state index in [4.69, 9.17) is 9.47 Å². The van der Waals surface area contributed by atoms with E-state index in [0.29, 0.717) is 6.42 Å². The summed E-state index contributed by atoms with van der Waals surface area (Å²) in [6.45, 7) is 3.87. The van der Waals surface area contributed by atoms with Gasteiger partial charge in [-0.15, -0.1) is 6.58 Å². The Morgan fingerprint density at radius 2 is 2.07 bits per heavy atom. The SMILES string of the molecule is C=CCC(OCOC)c1ccc(F)cc1. The number of ether oxygens (including phenoxy) is 2. The van der Waals surface area contributed by atoms with Crippen LogP contribution in [0.3, 0.4) is 0 Å². The van der Waals surface area contributed by atoms with Gasteiger partial charge in [0.25, 0.3) is 0 Å². The van der Waals surface area contributed by atoms with Crippen LogP contribution in [0.2, 0.25) is 0 Å². The molecule has 1 rings (SSSR count). The minimum Gasteiger partial charge on any atom is -0.359 e. The first-order valence-corrected chi connectivity index (χ1v) is 4.75. The second-order valence-electron chi connectivity index (χ2n) is 3.14. The first kappa shape index (κ1) is 11.9. The van der Waals surface area contributed by atoms with Crippen molar-refractivity contribution in [3.8, 4) is 0 Å². The molecule has 0 amide bonds. The van der Waals surface area contributed by atoms with Gasteiger partial charge in [-0.1, -0.05) is 18.2 Å². The maximum Gasteiger partial charge on any atom is 0.147 e. The van der Waals surface area contributed by atoms with Crippen molar-refractivity contribution in [2.45, 2.75) is 12.5 Å². The van der Waals surface area contributed by atoms with E-state index in [1.807, 2.05) is 0 Å². The highest BCUT2D eigenvalue weighted by atomic mass is 19.1. The van der Waals surface area contributed by atoms with Gasteiger partial charge in [0.1, 0.15) is 12.6 Å². The Kier molecular flexibility index (Phi) is 5.01. The fraction of sp³-hybridized carbons (Fsp3) is 0.333. The van der Waals surface area contributed by atoms with E-state index in [-0.39, 0.29) is 18.7 Å². The Morgan fingerprint density at radius 3 is 2.60 bits per heavy atom. The van der Waals surface area contributed by atoms with E-state index in [0.717, 1.165) is 5.56 Å². The van der Waals surface area contributed by atoms with Gasteiger partial charge in [0.2, 0.25) is 0 Å². The topological polar surface area (TPSA) is 18.5 Å². The van der Waals surface area contributed by atoms with Crippen molar-refractivity contribution in [1.29, 1.82) is 0 Å². The summed E-state index contributed by atoms with van der Waals surface area (Å²) in [4.78, 5) is 0. The molecule has 0 aromatic heterocycles. The summed E-state index contributed by atoms with van der Waals surface area (Å²) in [7, 11) is 1.57. The molecule has 1 unspecified atom stereocenters. The zero-order valence-electron chi connectivity index (χ0n) is 8.78. The molecule has 82 valence electrons. The van der Waals surface area contributed by atoms with Crippen LogP contribution in [0.4, 0.5) is 4.39 Å². The highest BCUT2D eigenvalue weighted by Crippen LogP contribution is 2.21. The third-order valence-electron chi connectivity index (χ3n) is 2.01. The molecule has 2 nitrogen and oxygen atoms in total. The Morgan fingerprint density at radius 1 is 1.40 bits per heavy atom. The molecule has 3 heteroatoms. The van der Waals surface area contributed by atoms with Crippen LogP contribution in [-0.2, 0) is 9.47 Å². The average molecular weight is 210 g/mol. The third-order valence-corrected chi connectivity index (χ3v) is 2.01. The highest BCUT2D eigenvalue weighted by molar-refractivity contribution is 5.19. The van der Waals surface area contributed by atoms with Gasteiger partial charge in [-0.05, 0) is 24.1 Å². The largest absolute Gasteiger partial charge is 0.359 e. The van der Waals surface area contributed by atoms with E-state index in [2.05, 4.69) is 6.58 Å². The first-order chi connectivity index (χ1) is 7.27. The van der Waals surface area contributed by atoms with Crippen LogP contribution in [0.15, 0.2) is 36.9 Å². The molecule has 0 N–H and O–H groups in total. The molecule has 0 saturated heterocycles. The normalized spacial score (nSPS) is 12.4. The number of halogens is 1. The lowest BCUT2D eigenvalue weighted by atomic mass is 10.1. The Hall–Kier alpha value is -1.19. The molecule has 0 saturated carbocycles. The highest BCUT2D eigenvalue weighted by Gasteiger charge is 2.09. The maximum absolute atomic E-state index is 12.7. The van der Waals surface area contributed by atoms with E-state index in [1.165, 1.54) is 12.1 Å². The lowest BCUT2D eigenvalue weighted by Gasteiger charge is -2.15. The summed E-state index contributed by atoms with van der Waals surface area (Å²) in [5.74, 6) is -0.247. The monoisotopic (exact) mass is 210 g/mol. The molecule has 15 heavy (non-hydrogen) atoms. The smallest absolute Gasteiger partial charge is 0.147 e. The molecule has 0 fully saturated rings. The van der Waals surface area contributed by atoms with Gasteiger partial charge in [-0.3, -0.25) is 0 Å². The molecule has 0 aliphatic heterocycles. The summed E-state index contributed by atoms with van der Waals surface area (Å²) in [5, 5.41) is 0. The van der Waals surface area contributed by atoms with Crippen LogP contribution in [0.25, 0.3) is 0 Å². The second-order valence-corrected chi connectivity index (χ2v) is 3.14. The van der Waals surface area contributed by atoms with Crippen molar-refractivity contribution in [3.05, 3.63) is 48.3 Å². The van der Waals surface area contributed by atoms with Crippen molar-refractivity contribution in [3.63, 3.8) is 0 Å². The van der Waals surface area contributed by atoms with E-state index >= 15 is 0 Å². The van der Waals surface area contributed by atoms with E-state index in [1.54, 1.807) is 25.3 Å². The summed E-state index contributed by atoms with van der Waals surface area (Å²) in [6, 6.07) is 6.25. The maximum atomic E-state index is 12.7. The van der Waals surface area contributed by atoms with Gasteiger partial charge in [0.05, 0.1) is 6.10 Å². The Balaban J connectivity index is 2.69. The zero-order chi connectivity index (χ0) is 11.1. The molecular formula is C12H15FO2. The minimum absolute atomic E-state index is 0.122. The van der Waals surface area contributed by atoms with Crippen LogP contribution in [0, 0.1) is 5.82 Å². The van der Waals surface area contributed by atoms with Crippen LogP contribution < -0.4 is 0 Å². The van der Waals surface area contributed by atoms with Crippen LogP contribution in [-0.4, -0.2) is 13.9 Å². The molecule has 0 heterocycles. The number of rotatable bonds is 6. The molecule has 0 bridgehead atoms. The fourth-order valence-corrected chi connectivity index (χ4v) is 1.28. The Labute approximate surface area is 89.3 Å². The van der Waals surface area contributed by atoms with Gasteiger partial charge in [-0.25, -0.2) is 4.39 Å². The van der Waals surface area contributed by atoms with Crippen molar-refractivity contribution in [1.82, 2.24) is 0 Å². The standard InChI is InChI=1S/C12H15FO2/c1-3-4-12(15-9-14-2)10-5-7-11(13)8-6-10/h3,5-8,12H,1,4,9H2,2H3. The summed E-state index contributed by atoms with van der Waals surface area (Å²) in [5.41, 5.74) is 0.924. The lowest BCUT2D eigenvalue weighted by Crippen LogP contribution is -2.06. The van der Waals surface area contributed by atoms with Gasteiger partial charge in [0.15, 0.2) is 0 Å². The van der Waals surface area contributed by atoms with Crippen molar-refractivity contribution >= 4 is 0 Å². The third kappa shape index (κ3) is 3.81. The predicted molar refractivity (Wildman–Crippen MR) is 56.9 cm³/mol. The minimum atomic E-state index is -0.247. The summed E-state index contributed by atoms with van der Waals surface area (Å²) in [6.07, 6.45) is 2.32. The number of hydrogen-bond acceptors (Lipinski definition) is 2. The van der Waals surface area contributed by atoms with E-state index in [9.17, 15) is 4.39 Å². The van der Waals surface area contributed by atoms with E-state index < -0.39 is 0 Å². The zero-order valence-corrected chi connectivity index (χ0v) is 8.78. The molecule has 0 spiro atoms. The molecule has 0 aliphatic rings. The number of methoxy groups -OCH3 is 1. The second kappa shape index (κ2) is 6.32. The van der Waals surface area contributed by atoms with Crippen molar-refractivity contribution in [2.24, 2.45) is 0 Å². The van der Waals surface area contributed by atoms with Gasteiger partial charge in [0, 0.05) is 7.11 Å². The van der Waals surface area contributed by atoms with Gasteiger partial charge in [-0.2, -0.15) is 0 Å². The number of benzene rings is 1. The Bertz CT molecular complexity index is 295. The average Bonchev–Trinajstić information content (AvgIpc) is 2.25. The van der Waals surface area contributed by atoms with Crippen LogP contribution >= 0.6 is 0 Å². The summed E-state index contributed by atoms with van der Waals surface area (Å²) >= 11 is 0.